The number of hydrogen-bond donors (Lipinski definition) is 1. The fraction of sp³-hybridized carbons (Fsp3) is 0.300. The van der Waals surface area contributed by atoms with Gasteiger partial charge in [0, 0.05) is 25.5 Å². The summed E-state index contributed by atoms with van der Waals surface area (Å²) in [6.07, 6.45) is 6.62. The first-order valence-electron chi connectivity index (χ1n) is 8.06. The summed E-state index contributed by atoms with van der Waals surface area (Å²) in [6, 6.07) is 17.8. The molecule has 3 aromatic rings. The van der Waals surface area contributed by atoms with Gasteiger partial charge in [-0.3, -0.25) is 0 Å². The van der Waals surface area contributed by atoms with Crippen molar-refractivity contribution in [2.75, 3.05) is 6.54 Å². The third-order valence-electron chi connectivity index (χ3n) is 4.28. The molecule has 0 fully saturated rings. The molecule has 0 amide bonds. The summed E-state index contributed by atoms with van der Waals surface area (Å²) in [5.74, 6) is 0. The van der Waals surface area contributed by atoms with Crippen molar-refractivity contribution in [3.63, 3.8) is 0 Å². The molecule has 22 heavy (non-hydrogen) atoms. The van der Waals surface area contributed by atoms with Crippen molar-refractivity contribution in [2.45, 2.75) is 25.8 Å². The molecule has 1 heterocycles. The Morgan fingerprint density at radius 2 is 1.86 bits per heavy atom. The Labute approximate surface area is 132 Å². The van der Waals surface area contributed by atoms with E-state index in [-0.39, 0.29) is 0 Å². The lowest BCUT2D eigenvalue weighted by Gasteiger charge is -2.16. The van der Waals surface area contributed by atoms with Crippen LogP contribution in [0.3, 0.4) is 0 Å². The third-order valence-corrected chi connectivity index (χ3v) is 4.28. The van der Waals surface area contributed by atoms with Crippen LogP contribution in [-0.2, 0) is 13.5 Å². The molecule has 0 radical (unpaired) electrons. The van der Waals surface area contributed by atoms with Gasteiger partial charge in [-0.15, -0.1) is 0 Å². The summed E-state index contributed by atoms with van der Waals surface area (Å²) in [5.41, 5.74) is 2.81. The Morgan fingerprint density at radius 3 is 2.68 bits per heavy atom. The summed E-state index contributed by atoms with van der Waals surface area (Å²) in [7, 11) is 2.07. The van der Waals surface area contributed by atoms with E-state index in [4.69, 9.17) is 0 Å². The van der Waals surface area contributed by atoms with Crippen LogP contribution < -0.4 is 5.32 Å². The van der Waals surface area contributed by atoms with Crippen LogP contribution >= 0.6 is 0 Å². The molecule has 0 spiro atoms. The molecule has 3 rings (SSSR count). The van der Waals surface area contributed by atoms with Gasteiger partial charge >= 0.3 is 0 Å². The van der Waals surface area contributed by atoms with Crippen LogP contribution in [0.25, 0.3) is 10.8 Å². The summed E-state index contributed by atoms with van der Waals surface area (Å²) < 4.78 is 2.11. The van der Waals surface area contributed by atoms with Gasteiger partial charge in [0.2, 0.25) is 0 Å². The van der Waals surface area contributed by atoms with Gasteiger partial charge < -0.3 is 9.88 Å². The monoisotopic (exact) mass is 292 g/mol. The molecular weight excluding hydrogens is 268 g/mol. The second kappa shape index (κ2) is 6.80. The van der Waals surface area contributed by atoms with E-state index < -0.39 is 0 Å². The highest BCUT2D eigenvalue weighted by atomic mass is 14.9. The van der Waals surface area contributed by atoms with Crippen LogP contribution in [0.4, 0.5) is 0 Å². The Hall–Kier alpha value is -2.06. The van der Waals surface area contributed by atoms with E-state index in [2.05, 4.69) is 84.8 Å². The summed E-state index contributed by atoms with van der Waals surface area (Å²) >= 11 is 0. The Morgan fingerprint density at radius 1 is 1.05 bits per heavy atom. The van der Waals surface area contributed by atoms with E-state index in [1.54, 1.807) is 0 Å². The van der Waals surface area contributed by atoms with Crippen LogP contribution in [-0.4, -0.2) is 11.1 Å². The number of aromatic nitrogens is 1. The zero-order chi connectivity index (χ0) is 15.4. The van der Waals surface area contributed by atoms with Crippen molar-refractivity contribution >= 4 is 10.8 Å². The van der Waals surface area contributed by atoms with Gasteiger partial charge in [0.25, 0.3) is 0 Å². The largest absolute Gasteiger partial charge is 0.357 e. The van der Waals surface area contributed by atoms with E-state index in [0.29, 0.717) is 6.04 Å². The number of nitrogens with one attached hydrogen (secondary N) is 1. The van der Waals surface area contributed by atoms with Crippen molar-refractivity contribution in [3.05, 3.63) is 72.1 Å². The Bertz CT molecular complexity index is 737. The Kier molecular flexibility index (Phi) is 4.59. The van der Waals surface area contributed by atoms with E-state index in [0.717, 1.165) is 13.0 Å². The van der Waals surface area contributed by atoms with E-state index in [9.17, 15) is 0 Å². The first-order chi connectivity index (χ1) is 10.7. The highest BCUT2D eigenvalue weighted by Crippen LogP contribution is 2.23. The topological polar surface area (TPSA) is 17.0 Å². The second-order valence-corrected chi connectivity index (χ2v) is 6.03. The molecule has 1 unspecified atom stereocenters. The summed E-state index contributed by atoms with van der Waals surface area (Å²) in [6.45, 7) is 3.30. The van der Waals surface area contributed by atoms with Crippen LogP contribution in [0.1, 0.15) is 30.5 Å². The number of rotatable bonds is 6. The zero-order valence-corrected chi connectivity index (χ0v) is 13.4. The quantitative estimate of drug-likeness (QED) is 0.664. The molecule has 1 atom stereocenters. The maximum absolute atomic E-state index is 3.66. The van der Waals surface area contributed by atoms with Gasteiger partial charge in [0.1, 0.15) is 0 Å². The summed E-state index contributed by atoms with van der Waals surface area (Å²) in [5, 5.41) is 6.33. The van der Waals surface area contributed by atoms with Gasteiger partial charge in [-0.25, -0.2) is 0 Å². The number of aryl methyl sites for hydroxylation is 2. The van der Waals surface area contributed by atoms with Gasteiger partial charge in [-0.05, 0) is 54.3 Å². The van der Waals surface area contributed by atoms with Crippen molar-refractivity contribution in [2.24, 2.45) is 7.05 Å². The average molecular weight is 292 g/mol. The minimum atomic E-state index is 0.377. The lowest BCUT2D eigenvalue weighted by molar-refractivity contribution is 0.561. The predicted octanol–water partition coefficient (Wildman–Crippen LogP) is 4.46. The lowest BCUT2D eigenvalue weighted by Crippen LogP contribution is -2.20. The lowest BCUT2D eigenvalue weighted by atomic mass is 9.99. The fourth-order valence-electron chi connectivity index (χ4n) is 3.06. The second-order valence-electron chi connectivity index (χ2n) is 6.03. The van der Waals surface area contributed by atoms with E-state index >= 15 is 0 Å². The maximum atomic E-state index is 3.66. The molecule has 0 bridgehead atoms. The minimum absolute atomic E-state index is 0.377. The number of fused-ring (bicyclic) bond motifs is 1. The minimum Gasteiger partial charge on any atom is -0.357 e. The maximum Gasteiger partial charge on any atom is 0.0297 e. The molecule has 2 heteroatoms. The third kappa shape index (κ3) is 3.40. The number of hydrogen-bond acceptors (Lipinski definition) is 1. The van der Waals surface area contributed by atoms with Crippen LogP contribution in [0.15, 0.2) is 60.9 Å². The molecule has 0 saturated carbocycles. The molecule has 2 nitrogen and oxygen atoms in total. The SMILES string of the molecule is CC(NCCCc1ccn(C)c1)c1cccc2ccccc12. The highest BCUT2D eigenvalue weighted by Gasteiger charge is 2.08. The number of benzene rings is 2. The first kappa shape index (κ1) is 14.9. The normalized spacial score (nSPS) is 12.6. The zero-order valence-electron chi connectivity index (χ0n) is 13.4. The van der Waals surface area contributed by atoms with Crippen molar-refractivity contribution in [3.8, 4) is 0 Å². The molecule has 1 aromatic heterocycles. The molecule has 114 valence electrons. The average Bonchev–Trinajstić information content (AvgIpc) is 2.96. The van der Waals surface area contributed by atoms with Crippen LogP contribution in [0.5, 0.6) is 0 Å². The standard InChI is InChI=1S/C20H24N2/c1-16(21-13-6-7-17-12-14-22(2)15-17)19-11-5-9-18-8-3-4-10-20(18)19/h3-5,8-12,14-16,21H,6-7,13H2,1-2H3. The Balaban J connectivity index is 1.58. The smallest absolute Gasteiger partial charge is 0.0297 e. The molecule has 0 aliphatic heterocycles. The predicted molar refractivity (Wildman–Crippen MR) is 94.1 cm³/mol. The molecule has 0 saturated heterocycles. The van der Waals surface area contributed by atoms with E-state index in [1.165, 1.54) is 28.3 Å². The first-order valence-corrected chi connectivity index (χ1v) is 8.06. The molecule has 0 aliphatic rings. The van der Waals surface area contributed by atoms with Crippen LogP contribution in [0.2, 0.25) is 0 Å². The molecular formula is C20H24N2. The van der Waals surface area contributed by atoms with Gasteiger partial charge in [-0.2, -0.15) is 0 Å². The van der Waals surface area contributed by atoms with Gasteiger partial charge in [0.15, 0.2) is 0 Å². The van der Waals surface area contributed by atoms with Crippen molar-refractivity contribution in [1.82, 2.24) is 9.88 Å². The van der Waals surface area contributed by atoms with Gasteiger partial charge in [-0.1, -0.05) is 42.5 Å². The number of nitrogens with zero attached hydrogens (tertiary/aromatic N) is 1. The fourth-order valence-corrected chi connectivity index (χ4v) is 3.06. The van der Waals surface area contributed by atoms with E-state index in [1.807, 2.05) is 0 Å². The van der Waals surface area contributed by atoms with Crippen molar-refractivity contribution < 1.29 is 0 Å². The van der Waals surface area contributed by atoms with Crippen LogP contribution in [0, 0.1) is 0 Å². The molecule has 0 aliphatic carbocycles. The summed E-state index contributed by atoms with van der Waals surface area (Å²) in [4.78, 5) is 0. The molecule has 2 aromatic carbocycles. The highest BCUT2D eigenvalue weighted by molar-refractivity contribution is 5.86. The van der Waals surface area contributed by atoms with Gasteiger partial charge in [0.05, 0.1) is 0 Å². The van der Waals surface area contributed by atoms with Crippen molar-refractivity contribution in [1.29, 1.82) is 0 Å². The molecule has 1 N–H and O–H groups in total.